The molecule has 0 saturated heterocycles. The lowest BCUT2D eigenvalue weighted by atomic mass is 10.1. The van der Waals surface area contributed by atoms with Gasteiger partial charge in [0.2, 0.25) is 0 Å². The maximum absolute atomic E-state index is 4.11. The van der Waals surface area contributed by atoms with Crippen molar-refractivity contribution < 1.29 is 0 Å². The molecule has 0 aliphatic carbocycles. The fourth-order valence-electron chi connectivity index (χ4n) is 2.09. The van der Waals surface area contributed by atoms with Gasteiger partial charge in [0.15, 0.2) is 0 Å². The summed E-state index contributed by atoms with van der Waals surface area (Å²) < 4.78 is 2.08. The van der Waals surface area contributed by atoms with E-state index in [4.69, 9.17) is 0 Å². The molecule has 0 aliphatic rings. The van der Waals surface area contributed by atoms with Gasteiger partial charge < -0.3 is 9.88 Å². The Morgan fingerprint density at radius 2 is 1.78 bits per heavy atom. The third kappa shape index (κ3) is 6.15. The van der Waals surface area contributed by atoms with Crippen molar-refractivity contribution in [1.29, 1.82) is 0 Å². The summed E-state index contributed by atoms with van der Waals surface area (Å²) in [5, 5.41) is 11.5. The van der Waals surface area contributed by atoms with Crippen molar-refractivity contribution >= 4 is 0 Å². The van der Waals surface area contributed by atoms with Crippen molar-refractivity contribution in [3.63, 3.8) is 0 Å². The second kappa shape index (κ2) is 10.1. The Morgan fingerprint density at radius 3 is 2.50 bits per heavy atom. The SMILES string of the molecule is CCCCCCCCCNCc1nncn1CC. The Balaban J connectivity index is 1.92. The summed E-state index contributed by atoms with van der Waals surface area (Å²) in [5.74, 6) is 1.04. The van der Waals surface area contributed by atoms with E-state index in [-0.39, 0.29) is 0 Å². The van der Waals surface area contributed by atoms with Gasteiger partial charge in [0, 0.05) is 6.54 Å². The van der Waals surface area contributed by atoms with E-state index >= 15 is 0 Å². The normalized spacial score (nSPS) is 11.0. The van der Waals surface area contributed by atoms with Crippen molar-refractivity contribution in [3.05, 3.63) is 12.2 Å². The molecule has 1 aromatic heterocycles. The van der Waals surface area contributed by atoms with Crippen LogP contribution >= 0.6 is 0 Å². The van der Waals surface area contributed by atoms with Crippen LogP contribution in [0.25, 0.3) is 0 Å². The predicted molar refractivity (Wildman–Crippen MR) is 75.4 cm³/mol. The number of hydrogen-bond donors (Lipinski definition) is 1. The maximum Gasteiger partial charge on any atom is 0.146 e. The molecular weight excluding hydrogens is 224 g/mol. The molecule has 4 heteroatoms. The third-order valence-corrected chi connectivity index (χ3v) is 3.28. The Morgan fingerprint density at radius 1 is 1.06 bits per heavy atom. The summed E-state index contributed by atoms with van der Waals surface area (Å²) in [5.41, 5.74) is 0. The molecular formula is C14H28N4. The highest BCUT2D eigenvalue weighted by molar-refractivity contribution is 4.84. The van der Waals surface area contributed by atoms with Gasteiger partial charge in [0.05, 0.1) is 6.54 Å². The second-order valence-electron chi connectivity index (χ2n) is 4.83. The first-order valence-corrected chi connectivity index (χ1v) is 7.45. The van der Waals surface area contributed by atoms with Crippen molar-refractivity contribution in [2.75, 3.05) is 6.54 Å². The summed E-state index contributed by atoms with van der Waals surface area (Å²) in [6, 6.07) is 0. The lowest BCUT2D eigenvalue weighted by Gasteiger charge is -2.05. The first-order valence-electron chi connectivity index (χ1n) is 7.45. The lowest BCUT2D eigenvalue weighted by Crippen LogP contribution is -2.18. The van der Waals surface area contributed by atoms with Crippen LogP contribution in [0.3, 0.4) is 0 Å². The smallest absolute Gasteiger partial charge is 0.146 e. The summed E-state index contributed by atoms with van der Waals surface area (Å²) >= 11 is 0. The molecule has 18 heavy (non-hydrogen) atoms. The highest BCUT2D eigenvalue weighted by Crippen LogP contribution is 2.06. The predicted octanol–water partition coefficient (Wildman–Crippen LogP) is 3.14. The van der Waals surface area contributed by atoms with Crippen LogP contribution in [0, 0.1) is 0 Å². The molecule has 1 heterocycles. The van der Waals surface area contributed by atoms with Crippen LogP contribution in [0.2, 0.25) is 0 Å². The number of unbranched alkanes of at least 4 members (excludes halogenated alkanes) is 6. The molecule has 0 aliphatic heterocycles. The van der Waals surface area contributed by atoms with Crippen LogP contribution in [0.4, 0.5) is 0 Å². The lowest BCUT2D eigenvalue weighted by molar-refractivity contribution is 0.549. The number of nitrogens with zero attached hydrogens (tertiary/aromatic N) is 3. The molecule has 1 rings (SSSR count). The van der Waals surface area contributed by atoms with Crippen LogP contribution < -0.4 is 5.32 Å². The van der Waals surface area contributed by atoms with Crippen molar-refractivity contribution in [2.45, 2.75) is 71.9 Å². The van der Waals surface area contributed by atoms with Crippen LogP contribution in [0.5, 0.6) is 0 Å². The molecule has 0 amide bonds. The Labute approximate surface area is 111 Å². The van der Waals surface area contributed by atoms with Crippen LogP contribution in [-0.2, 0) is 13.1 Å². The monoisotopic (exact) mass is 252 g/mol. The molecule has 0 bridgehead atoms. The highest BCUT2D eigenvalue weighted by atomic mass is 15.3. The fraction of sp³-hybridized carbons (Fsp3) is 0.857. The molecule has 0 radical (unpaired) electrons. The number of nitrogens with one attached hydrogen (secondary N) is 1. The molecule has 1 aromatic rings. The van der Waals surface area contributed by atoms with E-state index < -0.39 is 0 Å². The van der Waals surface area contributed by atoms with Gasteiger partial charge in [-0.1, -0.05) is 45.4 Å². The number of hydrogen-bond acceptors (Lipinski definition) is 3. The van der Waals surface area contributed by atoms with Crippen molar-refractivity contribution in [3.8, 4) is 0 Å². The van der Waals surface area contributed by atoms with Crippen molar-refractivity contribution in [1.82, 2.24) is 20.1 Å². The van der Waals surface area contributed by atoms with Gasteiger partial charge in [-0.2, -0.15) is 0 Å². The molecule has 0 aromatic carbocycles. The molecule has 104 valence electrons. The van der Waals surface area contributed by atoms with E-state index in [0.29, 0.717) is 0 Å². The number of rotatable bonds is 11. The minimum atomic E-state index is 0.837. The van der Waals surface area contributed by atoms with Gasteiger partial charge in [-0.05, 0) is 19.9 Å². The topological polar surface area (TPSA) is 42.7 Å². The molecule has 0 fully saturated rings. The van der Waals surface area contributed by atoms with E-state index in [9.17, 15) is 0 Å². The first-order chi connectivity index (χ1) is 8.88. The van der Waals surface area contributed by atoms with Gasteiger partial charge in [-0.3, -0.25) is 0 Å². The van der Waals surface area contributed by atoms with Crippen molar-refractivity contribution in [2.24, 2.45) is 0 Å². The Hall–Kier alpha value is -0.900. The van der Waals surface area contributed by atoms with Crippen LogP contribution in [0.15, 0.2) is 6.33 Å². The molecule has 0 saturated carbocycles. The summed E-state index contributed by atoms with van der Waals surface area (Å²) in [4.78, 5) is 0. The van der Waals surface area contributed by atoms with E-state index in [1.807, 2.05) is 0 Å². The average Bonchev–Trinajstić information content (AvgIpc) is 2.84. The zero-order chi connectivity index (χ0) is 13.1. The van der Waals surface area contributed by atoms with E-state index in [1.54, 1.807) is 6.33 Å². The Bertz CT molecular complexity index is 296. The Kier molecular flexibility index (Phi) is 8.47. The van der Waals surface area contributed by atoms with E-state index in [2.05, 4.69) is 33.9 Å². The third-order valence-electron chi connectivity index (χ3n) is 3.28. The summed E-state index contributed by atoms with van der Waals surface area (Å²) in [6.45, 7) is 7.25. The minimum absolute atomic E-state index is 0.837. The zero-order valence-electron chi connectivity index (χ0n) is 12.0. The molecule has 0 spiro atoms. The molecule has 4 nitrogen and oxygen atoms in total. The molecule has 0 unspecified atom stereocenters. The van der Waals surface area contributed by atoms with Gasteiger partial charge >= 0.3 is 0 Å². The largest absolute Gasteiger partial charge is 0.317 e. The maximum atomic E-state index is 4.11. The minimum Gasteiger partial charge on any atom is -0.317 e. The van der Waals surface area contributed by atoms with Crippen LogP contribution in [0.1, 0.15) is 64.6 Å². The molecule has 1 N–H and O–H groups in total. The zero-order valence-corrected chi connectivity index (χ0v) is 12.0. The van der Waals surface area contributed by atoms with E-state index in [0.717, 1.165) is 25.5 Å². The van der Waals surface area contributed by atoms with Gasteiger partial charge in [-0.15, -0.1) is 10.2 Å². The highest BCUT2D eigenvalue weighted by Gasteiger charge is 2.00. The van der Waals surface area contributed by atoms with Gasteiger partial charge in [-0.25, -0.2) is 0 Å². The standard InChI is InChI=1S/C14H28N4/c1-3-5-6-7-8-9-10-11-15-12-14-17-16-13-18(14)4-2/h13,15H,3-12H2,1-2H3. The summed E-state index contributed by atoms with van der Waals surface area (Å²) in [6.07, 6.45) is 11.3. The van der Waals surface area contributed by atoms with E-state index in [1.165, 1.54) is 44.9 Å². The van der Waals surface area contributed by atoms with Crippen LogP contribution in [-0.4, -0.2) is 21.3 Å². The molecule has 0 atom stereocenters. The second-order valence-corrected chi connectivity index (χ2v) is 4.83. The van der Waals surface area contributed by atoms with Gasteiger partial charge in [0.25, 0.3) is 0 Å². The number of aromatic nitrogens is 3. The first kappa shape index (κ1) is 15.2. The fourth-order valence-corrected chi connectivity index (χ4v) is 2.09. The average molecular weight is 252 g/mol. The summed E-state index contributed by atoms with van der Waals surface area (Å²) in [7, 11) is 0. The quantitative estimate of drug-likeness (QED) is 0.615. The van der Waals surface area contributed by atoms with Gasteiger partial charge in [0.1, 0.15) is 12.2 Å². The number of aryl methyl sites for hydroxylation is 1.